The fourth-order valence-electron chi connectivity index (χ4n) is 3.17. The van der Waals surface area contributed by atoms with E-state index in [1.165, 1.54) is 69.8 Å². The van der Waals surface area contributed by atoms with Crippen molar-refractivity contribution in [3.8, 4) is 0 Å². The summed E-state index contributed by atoms with van der Waals surface area (Å²) >= 11 is 12.5. The van der Waals surface area contributed by atoms with E-state index in [9.17, 15) is 0 Å². The molecule has 0 nitrogen and oxygen atoms in total. The standard InChI is InChI=1S/C16H24Cl2.Pt/c17-15-11-7-6-10-14(12-16(15)18)13-8-4-2-1-3-5-9-13;/h13,15H,1-11H2;. The summed E-state index contributed by atoms with van der Waals surface area (Å²) in [6.07, 6.45) is 14.3. The molecule has 0 aromatic heterocycles. The zero-order chi connectivity index (χ0) is 12.8. The van der Waals surface area contributed by atoms with Gasteiger partial charge in [0.2, 0.25) is 0 Å². The first-order valence-corrected chi connectivity index (χ1v) is 8.38. The first-order valence-electron chi connectivity index (χ1n) is 7.56. The molecule has 0 heterocycles. The normalized spacial score (nSPS) is 26.9. The minimum atomic E-state index is -0.00415. The van der Waals surface area contributed by atoms with E-state index in [2.05, 4.69) is 5.73 Å². The summed E-state index contributed by atoms with van der Waals surface area (Å²) in [5.74, 6) is 0.723. The molecule has 0 amide bonds. The zero-order valence-electron chi connectivity index (χ0n) is 11.5. The van der Waals surface area contributed by atoms with Gasteiger partial charge in [0.05, 0.1) is 10.4 Å². The molecular weight excluding hydrogens is 458 g/mol. The number of rotatable bonds is 1. The Kier molecular flexibility index (Phi) is 9.08. The van der Waals surface area contributed by atoms with Crippen LogP contribution in [0, 0.1) is 5.92 Å². The van der Waals surface area contributed by atoms with Crippen molar-refractivity contribution in [2.45, 2.75) is 76.0 Å². The molecule has 0 N–H and O–H groups in total. The minimum Gasteiger partial charge on any atom is -0.116 e. The molecule has 0 aliphatic heterocycles. The molecule has 2 aliphatic rings. The Morgan fingerprint density at radius 1 is 0.842 bits per heavy atom. The second-order valence-electron chi connectivity index (χ2n) is 5.75. The van der Waals surface area contributed by atoms with Gasteiger partial charge in [0.25, 0.3) is 0 Å². The molecular formula is C16H24Cl2Pt. The fourth-order valence-corrected chi connectivity index (χ4v) is 3.61. The third-order valence-corrected chi connectivity index (χ3v) is 5.21. The molecule has 1 fully saturated rings. The van der Waals surface area contributed by atoms with Gasteiger partial charge in [0, 0.05) is 21.1 Å². The van der Waals surface area contributed by atoms with Crippen LogP contribution in [-0.4, -0.2) is 5.38 Å². The monoisotopic (exact) mass is 481 g/mol. The first-order chi connectivity index (χ1) is 8.77. The van der Waals surface area contributed by atoms with Crippen molar-refractivity contribution in [2.24, 2.45) is 5.92 Å². The maximum atomic E-state index is 6.28. The van der Waals surface area contributed by atoms with Crippen molar-refractivity contribution >= 4 is 23.2 Å². The van der Waals surface area contributed by atoms with Gasteiger partial charge < -0.3 is 0 Å². The Morgan fingerprint density at radius 3 is 2.11 bits per heavy atom. The summed E-state index contributed by atoms with van der Waals surface area (Å²) in [5.41, 5.74) is 4.92. The van der Waals surface area contributed by atoms with E-state index in [0.717, 1.165) is 17.4 Å². The predicted molar refractivity (Wildman–Crippen MR) is 80.3 cm³/mol. The Balaban J connectivity index is 0.00000180. The van der Waals surface area contributed by atoms with Crippen LogP contribution in [0.2, 0.25) is 0 Å². The van der Waals surface area contributed by atoms with Gasteiger partial charge in [-0.1, -0.05) is 50.1 Å². The summed E-state index contributed by atoms with van der Waals surface area (Å²) in [5, 5.41) is 0.754. The number of alkyl halides is 1. The van der Waals surface area contributed by atoms with Gasteiger partial charge >= 0.3 is 0 Å². The molecule has 0 saturated heterocycles. The van der Waals surface area contributed by atoms with Gasteiger partial charge in [-0.3, -0.25) is 0 Å². The Labute approximate surface area is 142 Å². The van der Waals surface area contributed by atoms with Crippen molar-refractivity contribution in [1.29, 1.82) is 0 Å². The van der Waals surface area contributed by atoms with Crippen LogP contribution in [0.25, 0.3) is 0 Å². The molecule has 2 rings (SSSR count). The molecule has 2 aliphatic carbocycles. The number of halogens is 2. The Bertz CT molecular complexity index is 324. The van der Waals surface area contributed by atoms with Gasteiger partial charge in [-0.25, -0.2) is 0 Å². The topological polar surface area (TPSA) is 0 Å². The molecule has 0 radical (unpaired) electrons. The van der Waals surface area contributed by atoms with E-state index in [0.29, 0.717) is 0 Å². The predicted octanol–water partition coefficient (Wildman–Crippen LogP) is 6.17. The summed E-state index contributed by atoms with van der Waals surface area (Å²) < 4.78 is 0. The molecule has 0 aromatic rings. The Morgan fingerprint density at radius 2 is 1.42 bits per heavy atom. The minimum absolute atomic E-state index is 0. The maximum Gasteiger partial charge on any atom is 0.0776 e. The second-order valence-corrected chi connectivity index (χ2v) is 6.69. The summed E-state index contributed by atoms with van der Waals surface area (Å²) in [7, 11) is 0. The van der Waals surface area contributed by atoms with Crippen LogP contribution < -0.4 is 0 Å². The van der Waals surface area contributed by atoms with Gasteiger partial charge in [0.15, 0.2) is 0 Å². The van der Waals surface area contributed by atoms with E-state index >= 15 is 0 Å². The van der Waals surface area contributed by atoms with Crippen molar-refractivity contribution in [3.63, 3.8) is 0 Å². The van der Waals surface area contributed by atoms with Gasteiger partial charge in [-0.05, 0) is 43.6 Å². The van der Waals surface area contributed by atoms with E-state index in [1.807, 2.05) is 0 Å². The smallest absolute Gasteiger partial charge is 0.0776 e. The molecule has 1 atom stereocenters. The molecule has 3 heteroatoms. The molecule has 0 spiro atoms. The molecule has 0 bridgehead atoms. The first kappa shape index (κ1) is 17.8. The largest absolute Gasteiger partial charge is 0.116 e. The zero-order valence-corrected chi connectivity index (χ0v) is 15.3. The molecule has 1 unspecified atom stereocenters. The van der Waals surface area contributed by atoms with Crippen LogP contribution in [0.3, 0.4) is 0 Å². The maximum absolute atomic E-state index is 6.28. The van der Waals surface area contributed by atoms with Crippen molar-refractivity contribution in [2.75, 3.05) is 0 Å². The van der Waals surface area contributed by atoms with E-state index in [-0.39, 0.29) is 26.4 Å². The van der Waals surface area contributed by atoms with Crippen LogP contribution >= 0.6 is 23.2 Å². The SMILES string of the molecule is ClC1=C=C(C2CCCCCCC2)CCCCC1Cl.[Pt]. The molecule has 1 saturated carbocycles. The average molecular weight is 482 g/mol. The molecule has 19 heavy (non-hydrogen) atoms. The van der Waals surface area contributed by atoms with E-state index in [4.69, 9.17) is 23.2 Å². The van der Waals surface area contributed by atoms with Crippen molar-refractivity contribution in [3.05, 3.63) is 16.3 Å². The summed E-state index contributed by atoms with van der Waals surface area (Å²) in [4.78, 5) is 0. The van der Waals surface area contributed by atoms with Crippen molar-refractivity contribution < 1.29 is 21.1 Å². The van der Waals surface area contributed by atoms with E-state index in [1.54, 1.807) is 0 Å². The van der Waals surface area contributed by atoms with Crippen LogP contribution in [0.1, 0.15) is 70.6 Å². The molecule has 112 valence electrons. The third-order valence-electron chi connectivity index (χ3n) is 4.31. The average Bonchev–Trinajstić information content (AvgIpc) is 2.30. The summed E-state index contributed by atoms with van der Waals surface area (Å²) in [6, 6.07) is 0. The molecule has 0 aromatic carbocycles. The number of allylic oxidation sites excluding steroid dienone is 1. The van der Waals surface area contributed by atoms with Crippen LogP contribution in [0.5, 0.6) is 0 Å². The summed E-state index contributed by atoms with van der Waals surface area (Å²) in [6.45, 7) is 0. The van der Waals surface area contributed by atoms with Gasteiger partial charge in [0.1, 0.15) is 0 Å². The fraction of sp³-hybridized carbons (Fsp3) is 0.812. The number of hydrogen-bond acceptors (Lipinski definition) is 0. The van der Waals surface area contributed by atoms with Gasteiger partial charge in [-0.15, -0.1) is 17.3 Å². The van der Waals surface area contributed by atoms with Gasteiger partial charge in [-0.2, -0.15) is 0 Å². The number of hydrogen-bond donors (Lipinski definition) is 0. The quantitative estimate of drug-likeness (QED) is 0.310. The second kappa shape index (κ2) is 9.68. The van der Waals surface area contributed by atoms with Crippen molar-refractivity contribution in [1.82, 2.24) is 0 Å². The van der Waals surface area contributed by atoms with Crippen LogP contribution in [0.15, 0.2) is 16.3 Å². The Hall–Kier alpha value is 0.788. The third kappa shape index (κ3) is 5.97. The van der Waals surface area contributed by atoms with Crippen LogP contribution in [0.4, 0.5) is 0 Å². The van der Waals surface area contributed by atoms with E-state index < -0.39 is 0 Å². The van der Waals surface area contributed by atoms with Crippen LogP contribution in [-0.2, 0) is 21.1 Å².